The second kappa shape index (κ2) is 5.30. The van der Waals surface area contributed by atoms with E-state index in [1.54, 1.807) is 0 Å². The van der Waals surface area contributed by atoms with Crippen LogP contribution in [-0.4, -0.2) is 15.5 Å². The van der Waals surface area contributed by atoms with Gasteiger partial charge in [-0.05, 0) is 43.3 Å². The Kier molecular flexibility index (Phi) is 3.35. The van der Waals surface area contributed by atoms with E-state index < -0.39 is 0 Å². The van der Waals surface area contributed by atoms with E-state index in [0.29, 0.717) is 10.7 Å². The second-order valence-electron chi connectivity index (χ2n) is 4.39. The summed E-state index contributed by atoms with van der Waals surface area (Å²) in [5.74, 6) is -0.140. The molecule has 0 fully saturated rings. The van der Waals surface area contributed by atoms with Crippen LogP contribution in [0.3, 0.4) is 0 Å². The van der Waals surface area contributed by atoms with Gasteiger partial charge in [-0.2, -0.15) is 0 Å². The van der Waals surface area contributed by atoms with Crippen molar-refractivity contribution in [2.45, 2.75) is 6.92 Å². The molecule has 1 aromatic carbocycles. The highest BCUT2D eigenvalue weighted by atomic mass is 32.1. The van der Waals surface area contributed by atoms with Crippen molar-refractivity contribution in [2.75, 3.05) is 5.32 Å². The predicted molar refractivity (Wildman–Crippen MR) is 80.6 cm³/mol. The van der Waals surface area contributed by atoms with Crippen LogP contribution in [0, 0.1) is 6.92 Å². The smallest absolute Gasteiger partial charge is 0.257 e. The van der Waals surface area contributed by atoms with Crippen molar-refractivity contribution in [1.29, 1.82) is 0 Å². The molecule has 0 aliphatic carbocycles. The molecule has 5 heteroatoms. The molecule has 0 aliphatic heterocycles. The minimum atomic E-state index is -0.140. The van der Waals surface area contributed by atoms with Gasteiger partial charge in [-0.15, -0.1) is 11.3 Å². The van der Waals surface area contributed by atoms with E-state index in [0.717, 1.165) is 11.4 Å². The van der Waals surface area contributed by atoms with Gasteiger partial charge in [0.05, 0.1) is 5.69 Å². The van der Waals surface area contributed by atoms with E-state index in [1.165, 1.54) is 11.3 Å². The Morgan fingerprint density at radius 2 is 1.90 bits per heavy atom. The van der Waals surface area contributed by atoms with Crippen LogP contribution >= 0.6 is 11.3 Å². The van der Waals surface area contributed by atoms with Gasteiger partial charge in [0.1, 0.15) is 0 Å². The van der Waals surface area contributed by atoms with Gasteiger partial charge in [0.2, 0.25) is 0 Å². The number of hydrogen-bond acceptors (Lipinski definition) is 3. The van der Waals surface area contributed by atoms with Crippen molar-refractivity contribution >= 4 is 22.4 Å². The Morgan fingerprint density at radius 1 is 1.20 bits per heavy atom. The van der Waals surface area contributed by atoms with Gasteiger partial charge in [0.15, 0.2) is 5.13 Å². The van der Waals surface area contributed by atoms with Crippen molar-refractivity contribution in [3.63, 3.8) is 0 Å². The van der Waals surface area contributed by atoms with Crippen LogP contribution in [0.15, 0.2) is 54.2 Å². The summed E-state index contributed by atoms with van der Waals surface area (Å²) in [4.78, 5) is 16.3. The van der Waals surface area contributed by atoms with E-state index in [4.69, 9.17) is 0 Å². The molecule has 0 saturated heterocycles. The molecule has 1 N–H and O–H groups in total. The highest BCUT2D eigenvalue weighted by molar-refractivity contribution is 7.13. The predicted octanol–water partition coefficient (Wildman–Crippen LogP) is 3.49. The number of benzene rings is 1. The van der Waals surface area contributed by atoms with E-state index in [-0.39, 0.29) is 5.91 Å². The van der Waals surface area contributed by atoms with Crippen molar-refractivity contribution < 1.29 is 4.79 Å². The molecular formula is C15H13N3OS. The van der Waals surface area contributed by atoms with Crippen LogP contribution in [0.25, 0.3) is 5.69 Å². The third kappa shape index (κ3) is 2.62. The maximum absolute atomic E-state index is 12.1. The molecular weight excluding hydrogens is 270 g/mol. The topological polar surface area (TPSA) is 46.9 Å². The SMILES string of the molecule is Cc1csc(NC(=O)c2ccc(-n3cccc3)cc2)n1. The summed E-state index contributed by atoms with van der Waals surface area (Å²) in [6.45, 7) is 1.90. The summed E-state index contributed by atoms with van der Waals surface area (Å²) in [6, 6.07) is 11.4. The lowest BCUT2D eigenvalue weighted by Gasteiger charge is -2.05. The fourth-order valence-corrected chi connectivity index (χ4v) is 2.56. The number of amides is 1. The van der Waals surface area contributed by atoms with Crippen molar-refractivity contribution in [2.24, 2.45) is 0 Å². The second-order valence-corrected chi connectivity index (χ2v) is 5.24. The van der Waals surface area contributed by atoms with Gasteiger partial charge in [-0.25, -0.2) is 4.98 Å². The van der Waals surface area contributed by atoms with Crippen LogP contribution < -0.4 is 5.32 Å². The highest BCUT2D eigenvalue weighted by Gasteiger charge is 2.08. The molecule has 2 aromatic heterocycles. The first-order chi connectivity index (χ1) is 9.72. The van der Waals surface area contributed by atoms with Crippen molar-refractivity contribution in [3.8, 4) is 5.69 Å². The molecule has 0 unspecified atom stereocenters. The molecule has 2 heterocycles. The highest BCUT2D eigenvalue weighted by Crippen LogP contribution is 2.16. The summed E-state index contributed by atoms with van der Waals surface area (Å²) in [6.07, 6.45) is 3.93. The summed E-state index contributed by atoms with van der Waals surface area (Å²) < 4.78 is 1.99. The normalized spacial score (nSPS) is 10.4. The molecule has 100 valence electrons. The van der Waals surface area contributed by atoms with Crippen LogP contribution in [0.2, 0.25) is 0 Å². The van der Waals surface area contributed by atoms with Crippen LogP contribution in [0.1, 0.15) is 16.1 Å². The average Bonchev–Trinajstić information content (AvgIpc) is 3.11. The summed E-state index contributed by atoms with van der Waals surface area (Å²) in [5.41, 5.74) is 2.55. The first-order valence-corrected chi connectivity index (χ1v) is 7.07. The lowest BCUT2D eigenvalue weighted by Crippen LogP contribution is -2.11. The Bertz CT molecular complexity index is 714. The lowest BCUT2D eigenvalue weighted by atomic mass is 10.2. The number of rotatable bonds is 3. The van der Waals surface area contributed by atoms with Gasteiger partial charge in [0, 0.05) is 29.0 Å². The van der Waals surface area contributed by atoms with Gasteiger partial charge in [0.25, 0.3) is 5.91 Å². The van der Waals surface area contributed by atoms with Crippen LogP contribution in [0.5, 0.6) is 0 Å². The molecule has 0 atom stereocenters. The minimum Gasteiger partial charge on any atom is -0.324 e. The average molecular weight is 283 g/mol. The minimum absolute atomic E-state index is 0.140. The fraction of sp³-hybridized carbons (Fsp3) is 0.0667. The first-order valence-electron chi connectivity index (χ1n) is 6.19. The number of aryl methyl sites for hydroxylation is 1. The fourth-order valence-electron chi connectivity index (χ4n) is 1.87. The lowest BCUT2D eigenvalue weighted by molar-refractivity contribution is 0.102. The van der Waals surface area contributed by atoms with E-state index in [2.05, 4.69) is 10.3 Å². The Hall–Kier alpha value is -2.40. The molecule has 0 bridgehead atoms. The number of nitrogens with zero attached hydrogens (tertiary/aromatic N) is 2. The van der Waals surface area contributed by atoms with E-state index in [9.17, 15) is 4.79 Å². The van der Waals surface area contributed by atoms with Gasteiger partial charge in [-0.1, -0.05) is 0 Å². The Morgan fingerprint density at radius 3 is 2.50 bits per heavy atom. The van der Waals surface area contributed by atoms with Crippen molar-refractivity contribution in [1.82, 2.24) is 9.55 Å². The molecule has 0 saturated carbocycles. The van der Waals surface area contributed by atoms with Crippen LogP contribution in [0.4, 0.5) is 5.13 Å². The molecule has 4 nitrogen and oxygen atoms in total. The Balaban J connectivity index is 1.75. The van der Waals surface area contributed by atoms with Crippen molar-refractivity contribution in [3.05, 3.63) is 65.4 Å². The zero-order valence-corrected chi connectivity index (χ0v) is 11.7. The number of thiazole rings is 1. The molecule has 1 amide bonds. The maximum atomic E-state index is 12.1. The van der Waals surface area contributed by atoms with Gasteiger partial charge in [-0.3, -0.25) is 10.1 Å². The number of aromatic nitrogens is 2. The standard InChI is InChI=1S/C15H13N3OS/c1-11-10-20-15(16-11)17-14(19)12-4-6-13(7-5-12)18-8-2-3-9-18/h2-10H,1H3,(H,16,17,19). The molecule has 0 spiro atoms. The third-order valence-corrected chi connectivity index (χ3v) is 3.75. The number of anilines is 1. The van der Waals surface area contributed by atoms with Gasteiger partial charge < -0.3 is 4.57 Å². The summed E-state index contributed by atoms with van der Waals surface area (Å²) in [5, 5.41) is 5.33. The van der Waals surface area contributed by atoms with Crippen LogP contribution in [-0.2, 0) is 0 Å². The maximum Gasteiger partial charge on any atom is 0.257 e. The molecule has 20 heavy (non-hydrogen) atoms. The largest absolute Gasteiger partial charge is 0.324 e. The number of nitrogens with one attached hydrogen (secondary N) is 1. The molecule has 0 radical (unpaired) electrons. The molecule has 3 aromatic rings. The number of carbonyl (C=O) groups excluding carboxylic acids is 1. The molecule has 0 aliphatic rings. The zero-order valence-electron chi connectivity index (χ0n) is 10.9. The summed E-state index contributed by atoms with van der Waals surface area (Å²) >= 11 is 1.43. The third-order valence-electron chi connectivity index (χ3n) is 2.87. The molecule has 3 rings (SSSR count). The summed E-state index contributed by atoms with van der Waals surface area (Å²) in [7, 11) is 0. The van der Waals surface area contributed by atoms with Gasteiger partial charge >= 0.3 is 0 Å². The zero-order chi connectivity index (χ0) is 13.9. The first kappa shape index (κ1) is 12.6. The number of hydrogen-bond donors (Lipinski definition) is 1. The number of carbonyl (C=O) groups is 1. The quantitative estimate of drug-likeness (QED) is 0.799. The monoisotopic (exact) mass is 283 g/mol. The van der Waals surface area contributed by atoms with E-state index in [1.807, 2.05) is 65.7 Å². The Labute approximate surface area is 120 Å². The van der Waals surface area contributed by atoms with E-state index >= 15 is 0 Å².